The van der Waals surface area contributed by atoms with Crippen LogP contribution in [0, 0.1) is 6.92 Å². The first kappa shape index (κ1) is 23.5. The smallest absolute Gasteiger partial charge is 0.229 e. The van der Waals surface area contributed by atoms with Gasteiger partial charge in [-0.3, -0.25) is 5.10 Å². The molecule has 3 aromatic carbocycles. The summed E-state index contributed by atoms with van der Waals surface area (Å²) in [5, 5.41) is 48.4. The first-order valence-corrected chi connectivity index (χ1v) is 11.5. The van der Waals surface area contributed by atoms with Crippen molar-refractivity contribution in [1.82, 2.24) is 10.2 Å². The van der Waals surface area contributed by atoms with E-state index in [4.69, 9.17) is 9.47 Å². The molecule has 1 saturated heterocycles. The molecule has 1 unspecified atom stereocenters. The summed E-state index contributed by atoms with van der Waals surface area (Å²) in [6.45, 7) is 1.38. The van der Waals surface area contributed by atoms with Gasteiger partial charge in [-0.15, -0.1) is 0 Å². The molecule has 4 aromatic rings. The summed E-state index contributed by atoms with van der Waals surface area (Å²) >= 11 is 0. The molecule has 182 valence electrons. The molecule has 0 bridgehead atoms. The van der Waals surface area contributed by atoms with E-state index in [1.165, 1.54) is 0 Å². The first-order valence-electron chi connectivity index (χ1n) is 11.5. The molecular weight excluding hydrogens is 448 g/mol. The van der Waals surface area contributed by atoms with E-state index in [-0.39, 0.29) is 0 Å². The second-order valence-electron chi connectivity index (χ2n) is 8.91. The van der Waals surface area contributed by atoms with Crippen LogP contribution in [-0.4, -0.2) is 67.9 Å². The minimum Gasteiger partial charge on any atom is -0.461 e. The Bertz CT molecular complexity index is 1290. The maximum absolute atomic E-state index is 10.4. The van der Waals surface area contributed by atoms with Gasteiger partial charge in [0, 0.05) is 6.42 Å². The average Bonchev–Trinajstić information content (AvgIpc) is 3.27. The lowest BCUT2D eigenvalue weighted by Crippen LogP contribution is -2.60. The lowest BCUT2D eigenvalue weighted by atomic mass is 9.99. The zero-order valence-electron chi connectivity index (χ0n) is 19.2. The molecule has 0 amide bonds. The van der Waals surface area contributed by atoms with Crippen LogP contribution >= 0.6 is 0 Å². The van der Waals surface area contributed by atoms with Gasteiger partial charge in [0.25, 0.3) is 0 Å². The van der Waals surface area contributed by atoms with Gasteiger partial charge in [0.05, 0.1) is 23.2 Å². The van der Waals surface area contributed by atoms with Crippen LogP contribution in [0.1, 0.15) is 16.8 Å². The van der Waals surface area contributed by atoms with Gasteiger partial charge in [0.1, 0.15) is 30.2 Å². The van der Waals surface area contributed by atoms with Crippen LogP contribution in [-0.2, 0) is 11.2 Å². The van der Waals surface area contributed by atoms with E-state index in [1.54, 1.807) is 6.07 Å². The van der Waals surface area contributed by atoms with Gasteiger partial charge in [-0.25, -0.2) is 0 Å². The van der Waals surface area contributed by atoms with E-state index < -0.39 is 37.3 Å². The number of nitrogens with one attached hydrogen (secondary N) is 1. The molecule has 8 nitrogen and oxygen atoms in total. The van der Waals surface area contributed by atoms with Gasteiger partial charge in [0.2, 0.25) is 6.29 Å². The van der Waals surface area contributed by atoms with E-state index in [2.05, 4.69) is 46.6 Å². The van der Waals surface area contributed by atoms with Crippen LogP contribution in [0.3, 0.4) is 0 Å². The molecule has 1 aliphatic rings. The molecule has 5 N–H and O–H groups in total. The van der Waals surface area contributed by atoms with E-state index in [1.807, 2.05) is 31.2 Å². The van der Waals surface area contributed by atoms with Crippen LogP contribution in [0.15, 0.2) is 66.7 Å². The predicted molar refractivity (Wildman–Crippen MR) is 130 cm³/mol. The molecule has 1 fully saturated rings. The Hall–Kier alpha value is -3.27. The molecule has 2 heterocycles. The predicted octanol–water partition coefficient (Wildman–Crippen LogP) is 2.31. The Morgan fingerprint density at radius 1 is 0.914 bits per heavy atom. The maximum Gasteiger partial charge on any atom is 0.229 e. The number of nitrogens with zero attached hydrogens (tertiary/aromatic N) is 1. The Labute approximate surface area is 202 Å². The third kappa shape index (κ3) is 4.67. The molecule has 0 saturated carbocycles. The summed E-state index contributed by atoms with van der Waals surface area (Å²) in [4.78, 5) is 0. The number of benzene rings is 3. The number of aliphatic hydroxyl groups excluding tert-OH is 4. The van der Waals surface area contributed by atoms with Gasteiger partial charge in [-0.05, 0) is 41.3 Å². The molecule has 1 aromatic heterocycles. The topological polar surface area (TPSA) is 128 Å². The fourth-order valence-electron chi connectivity index (χ4n) is 4.47. The van der Waals surface area contributed by atoms with Gasteiger partial charge < -0.3 is 29.9 Å². The number of aliphatic hydroxyl groups is 4. The lowest BCUT2D eigenvalue weighted by molar-refractivity contribution is -0.277. The van der Waals surface area contributed by atoms with E-state index >= 15 is 0 Å². The third-order valence-corrected chi connectivity index (χ3v) is 6.37. The number of hydrogen-bond donors (Lipinski definition) is 5. The number of H-pyrrole nitrogens is 1. The number of rotatable bonds is 6. The van der Waals surface area contributed by atoms with Crippen LogP contribution < -0.4 is 4.74 Å². The van der Waals surface area contributed by atoms with Gasteiger partial charge in [-0.1, -0.05) is 54.6 Å². The molecule has 0 aliphatic carbocycles. The second kappa shape index (κ2) is 9.77. The van der Waals surface area contributed by atoms with Crippen molar-refractivity contribution in [2.24, 2.45) is 0 Å². The SMILES string of the molecule is Cc1cc(OC2O[C@H](CO)[C@@H](O)[C@H](O)[C@H]2O)c2c(Cc3ccc(-c4ccccc4)cc3)[nH]nc2c1. The fourth-order valence-corrected chi connectivity index (χ4v) is 4.47. The summed E-state index contributed by atoms with van der Waals surface area (Å²) in [6.07, 6.45) is -6.22. The number of fused-ring (bicyclic) bond motifs is 1. The molecule has 5 rings (SSSR count). The minimum atomic E-state index is -1.52. The summed E-state index contributed by atoms with van der Waals surface area (Å²) in [7, 11) is 0. The Morgan fingerprint density at radius 3 is 2.34 bits per heavy atom. The number of aryl methyl sites for hydroxylation is 1. The number of aromatic nitrogens is 2. The van der Waals surface area contributed by atoms with Crippen LogP contribution in [0.4, 0.5) is 0 Å². The van der Waals surface area contributed by atoms with E-state index in [0.717, 1.165) is 33.3 Å². The number of aromatic amines is 1. The van der Waals surface area contributed by atoms with Crippen LogP contribution in [0.2, 0.25) is 0 Å². The van der Waals surface area contributed by atoms with Gasteiger partial charge in [0.15, 0.2) is 0 Å². The highest BCUT2D eigenvalue weighted by atomic mass is 16.7. The van der Waals surface area contributed by atoms with Crippen molar-refractivity contribution in [2.75, 3.05) is 6.61 Å². The average molecular weight is 477 g/mol. The van der Waals surface area contributed by atoms with Crippen LogP contribution in [0.25, 0.3) is 22.0 Å². The Morgan fingerprint density at radius 2 is 1.63 bits per heavy atom. The van der Waals surface area contributed by atoms with Crippen LogP contribution in [0.5, 0.6) is 5.75 Å². The zero-order chi connectivity index (χ0) is 24.5. The maximum atomic E-state index is 10.4. The Balaban J connectivity index is 1.43. The highest BCUT2D eigenvalue weighted by Crippen LogP contribution is 2.33. The third-order valence-electron chi connectivity index (χ3n) is 6.37. The van der Waals surface area contributed by atoms with Gasteiger partial charge in [-0.2, -0.15) is 5.10 Å². The molecule has 0 radical (unpaired) electrons. The second-order valence-corrected chi connectivity index (χ2v) is 8.91. The van der Waals surface area contributed by atoms with Crippen molar-refractivity contribution in [3.05, 3.63) is 83.6 Å². The van der Waals surface area contributed by atoms with Crippen molar-refractivity contribution in [3.63, 3.8) is 0 Å². The molecule has 35 heavy (non-hydrogen) atoms. The first-order chi connectivity index (χ1) is 16.9. The minimum absolute atomic E-state index is 0.425. The molecule has 5 atom stereocenters. The van der Waals surface area contributed by atoms with Crippen molar-refractivity contribution in [2.45, 2.75) is 44.1 Å². The molecule has 0 spiro atoms. The van der Waals surface area contributed by atoms with Crippen molar-refractivity contribution >= 4 is 10.9 Å². The van der Waals surface area contributed by atoms with Gasteiger partial charge >= 0.3 is 0 Å². The Kier molecular flexibility index (Phi) is 6.55. The monoisotopic (exact) mass is 476 g/mol. The summed E-state index contributed by atoms with van der Waals surface area (Å²) in [5.41, 5.74) is 5.77. The van der Waals surface area contributed by atoms with Crippen molar-refractivity contribution in [1.29, 1.82) is 0 Å². The number of ether oxygens (including phenoxy) is 2. The fraction of sp³-hybridized carbons (Fsp3) is 0.296. The largest absolute Gasteiger partial charge is 0.461 e. The standard InChI is InChI=1S/C27H28N2O6/c1-15-11-19-23(21(12-15)34-27-26(33)25(32)24(31)22(14-30)35-27)20(29-28-19)13-16-7-9-18(10-8-16)17-5-3-2-4-6-17/h2-12,22,24-27,30-33H,13-14H2,1H3,(H,28,29)/t22-,24-,25+,26-,27?/m1/s1. The van der Waals surface area contributed by atoms with Crippen molar-refractivity contribution in [3.8, 4) is 16.9 Å². The normalized spacial score (nSPS) is 24.5. The van der Waals surface area contributed by atoms with Crippen molar-refractivity contribution < 1.29 is 29.9 Å². The highest BCUT2D eigenvalue weighted by molar-refractivity contribution is 5.88. The molecular formula is C27H28N2O6. The number of hydrogen-bond acceptors (Lipinski definition) is 7. The summed E-state index contributed by atoms with van der Waals surface area (Å²) < 4.78 is 11.6. The summed E-state index contributed by atoms with van der Waals surface area (Å²) in [6, 6.07) is 22.2. The summed E-state index contributed by atoms with van der Waals surface area (Å²) in [5.74, 6) is 0.425. The van der Waals surface area contributed by atoms with E-state index in [9.17, 15) is 20.4 Å². The highest BCUT2D eigenvalue weighted by Gasteiger charge is 2.45. The lowest BCUT2D eigenvalue weighted by Gasteiger charge is -2.39. The van der Waals surface area contributed by atoms with E-state index in [0.29, 0.717) is 17.7 Å². The molecule has 8 heteroatoms. The quantitative estimate of drug-likeness (QED) is 0.289. The zero-order valence-corrected chi connectivity index (χ0v) is 19.2. The molecule has 1 aliphatic heterocycles.